The predicted molar refractivity (Wildman–Crippen MR) is 95.2 cm³/mol. The molecule has 0 saturated carbocycles. The third-order valence-corrected chi connectivity index (χ3v) is 4.20. The van der Waals surface area contributed by atoms with Crippen molar-refractivity contribution in [3.05, 3.63) is 0 Å². The summed E-state index contributed by atoms with van der Waals surface area (Å²) in [6, 6.07) is 0. The molecule has 0 aliphatic heterocycles. The van der Waals surface area contributed by atoms with Gasteiger partial charge in [-0.25, -0.2) is 4.79 Å². The van der Waals surface area contributed by atoms with E-state index in [0.29, 0.717) is 6.42 Å². The van der Waals surface area contributed by atoms with E-state index >= 15 is 0 Å². The average molecular weight is 328 g/mol. The van der Waals surface area contributed by atoms with E-state index in [-0.39, 0.29) is 0 Å². The van der Waals surface area contributed by atoms with Gasteiger partial charge in [0.1, 0.15) is 0 Å². The van der Waals surface area contributed by atoms with Crippen LogP contribution in [0.25, 0.3) is 0 Å². The number of primary amides is 1. The van der Waals surface area contributed by atoms with Gasteiger partial charge in [0.2, 0.25) is 0 Å². The Hall–Kier alpha value is -1.06. The molecule has 0 aromatic rings. The Morgan fingerprint density at radius 2 is 1.00 bits per heavy atom. The lowest BCUT2D eigenvalue weighted by atomic mass is 10.0. The molecule has 4 nitrogen and oxygen atoms in total. The second-order valence-corrected chi connectivity index (χ2v) is 6.49. The van der Waals surface area contributed by atoms with E-state index in [9.17, 15) is 9.59 Å². The van der Waals surface area contributed by atoms with Crippen molar-refractivity contribution < 1.29 is 14.3 Å². The number of nitrogens with two attached hydrogens (primary N) is 1. The molecule has 1 amide bonds. The van der Waals surface area contributed by atoms with Gasteiger partial charge in [-0.05, 0) is 6.42 Å². The first-order chi connectivity index (χ1) is 11.2. The number of rotatable bonds is 16. The smallest absolute Gasteiger partial charge is 0.376 e. The second kappa shape index (κ2) is 17.3. The van der Waals surface area contributed by atoms with Crippen LogP contribution in [0.4, 0.5) is 4.79 Å². The van der Waals surface area contributed by atoms with Gasteiger partial charge in [0, 0.05) is 6.42 Å². The summed E-state index contributed by atoms with van der Waals surface area (Å²) < 4.78 is 4.27. The zero-order valence-corrected chi connectivity index (χ0v) is 15.1. The van der Waals surface area contributed by atoms with E-state index in [1.807, 2.05) is 0 Å². The molecular weight excluding hydrogens is 290 g/mol. The van der Waals surface area contributed by atoms with Gasteiger partial charge in [0.25, 0.3) is 0 Å². The fourth-order valence-electron chi connectivity index (χ4n) is 2.80. The minimum atomic E-state index is -1.00. The van der Waals surface area contributed by atoms with Crippen molar-refractivity contribution in [3.8, 4) is 0 Å². The van der Waals surface area contributed by atoms with Crippen molar-refractivity contribution >= 4 is 12.1 Å². The minimum Gasteiger partial charge on any atom is -0.376 e. The van der Waals surface area contributed by atoms with Gasteiger partial charge in [-0.3, -0.25) is 4.79 Å². The molecule has 0 aromatic heterocycles. The van der Waals surface area contributed by atoms with Crippen LogP contribution in [0.15, 0.2) is 0 Å². The summed E-state index contributed by atoms with van der Waals surface area (Å²) in [6.45, 7) is 2.26. The lowest BCUT2D eigenvalue weighted by molar-refractivity contribution is -0.137. The van der Waals surface area contributed by atoms with Crippen LogP contribution in [-0.2, 0) is 9.53 Å². The van der Waals surface area contributed by atoms with Crippen LogP contribution >= 0.6 is 0 Å². The molecule has 0 radical (unpaired) electrons. The first kappa shape index (κ1) is 21.9. The van der Waals surface area contributed by atoms with Crippen molar-refractivity contribution in [1.29, 1.82) is 0 Å². The quantitative estimate of drug-likeness (QED) is 0.219. The van der Waals surface area contributed by atoms with Crippen molar-refractivity contribution in [2.45, 2.75) is 110 Å². The number of hydrogen-bond donors (Lipinski definition) is 1. The molecule has 0 saturated heterocycles. The largest absolute Gasteiger partial charge is 0.412 e. The number of unbranched alkanes of at least 4 members (excludes halogenated alkanes) is 14. The van der Waals surface area contributed by atoms with E-state index in [0.717, 1.165) is 19.3 Å². The molecule has 0 aliphatic carbocycles. The second-order valence-electron chi connectivity index (χ2n) is 6.49. The number of carbonyl (C=O) groups is 2. The van der Waals surface area contributed by atoms with Crippen LogP contribution in [-0.4, -0.2) is 12.1 Å². The third-order valence-electron chi connectivity index (χ3n) is 4.20. The Morgan fingerprint density at radius 3 is 1.35 bits per heavy atom. The SMILES string of the molecule is CCCCCCCCCCCCCCCCCC(=O)OC(N)=O. The normalized spacial score (nSPS) is 10.7. The van der Waals surface area contributed by atoms with Crippen LogP contribution in [0.3, 0.4) is 0 Å². The lowest BCUT2D eigenvalue weighted by Crippen LogP contribution is -2.18. The number of esters is 1. The third kappa shape index (κ3) is 18.9. The van der Waals surface area contributed by atoms with E-state index in [1.165, 1.54) is 77.0 Å². The van der Waals surface area contributed by atoms with Crippen molar-refractivity contribution in [3.63, 3.8) is 0 Å². The highest BCUT2D eigenvalue weighted by atomic mass is 16.6. The van der Waals surface area contributed by atoms with Gasteiger partial charge < -0.3 is 10.5 Å². The number of ether oxygens (including phenoxy) is 1. The molecule has 0 spiro atoms. The summed E-state index contributed by atoms with van der Waals surface area (Å²) in [4.78, 5) is 21.4. The number of carbonyl (C=O) groups excluding carboxylic acids is 2. The molecule has 0 bridgehead atoms. The van der Waals surface area contributed by atoms with E-state index in [2.05, 4.69) is 11.7 Å². The van der Waals surface area contributed by atoms with Crippen molar-refractivity contribution in [2.75, 3.05) is 0 Å². The van der Waals surface area contributed by atoms with Gasteiger partial charge in [0.05, 0.1) is 0 Å². The number of amides is 1. The summed E-state index contributed by atoms with van der Waals surface area (Å²) in [5.74, 6) is -0.507. The Kier molecular flexibility index (Phi) is 16.5. The zero-order chi connectivity index (χ0) is 17.2. The first-order valence-electron chi connectivity index (χ1n) is 9.67. The molecule has 0 heterocycles. The molecule has 136 valence electrons. The molecule has 0 atom stereocenters. The van der Waals surface area contributed by atoms with Crippen LogP contribution < -0.4 is 5.73 Å². The maximum Gasteiger partial charge on any atom is 0.412 e. The van der Waals surface area contributed by atoms with E-state index in [4.69, 9.17) is 5.73 Å². The molecule has 0 rings (SSSR count). The van der Waals surface area contributed by atoms with Gasteiger partial charge in [-0.1, -0.05) is 96.8 Å². The molecular formula is C19H37NO3. The monoisotopic (exact) mass is 327 g/mol. The highest BCUT2D eigenvalue weighted by molar-refractivity contribution is 5.83. The highest BCUT2D eigenvalue weighted by Gasteiger charge is 2.05. The summed E-state index contributed by atoms with van der Waals surface area (Å²) in [6.07, 6.45) is 18.6. The summed E-state index contributed by atoms with van der Waals surface area (Å²) >= 11 is 0. The predicted octanol–water partition coefficient (Wildman–Crippen LogP) is 5.87. The molecule has 0 unspecified atom stereocenters. The van der Waals surface area contributed by atoms with Crippen molar-refractivity contribution in [2.24, 2.45) is 5.73 Å². The van der Waals surface area contributed by atoms with Gasteiger partial charge in [0.15, 0.2) is 0 Å². The van der Waals surface area contributed by atoms with E-state index < -0.39 is 12.1 Å². The van der Waals surface area contributed by atoms with Crippen molar-refractivity contribution in [1.82, 2.24) is 0 Å². The minimum absolute atomic E-state index is 0.293. The number of hydrogen-bond acceptors (Lipinski definition) is 3. The molecule has 4 heteroatoms. The fourth-order valence-corrected chi connectivity index (χ4v) is 2.80. The van der Waals surface area contributed by atoms with Crippen LogP contribution in [0.2, 0.25) is 0 Å². The topological polar surface area (TPSA) is 69.4 Å². The standard InChI is InChI=1S/C19H37NO3/c1-2-3-4-5-6-7-8-9-10-11-12-13-14-15-16-17-18(21)23-19(20)22/h2-17H2,1H3,(H2,20,22). The Labute approximate surface area is 142 Å². The Morgan fingerprint density at radius 1 is 0.652 bits per heavy atom. The summed E-state index contributed by atoms with van der Waals surface area (Å²) in [5, 5.41) is 0. The molecule has 0 aromatic carbocycles. The molecule has 0 aliphatic rings. The maximum absolute atomic E-state index is 11.1. The molecule has 0 fully saturated rings. The highest BCUT2D eigenvalue weighted by Crippen LogP contribution is 2.13. The maximum atomic E-state index is 11.1. The molecule has 23 heavy (non-hydrogen) atoms. The van der Waals surface area contributed by atoms with E-state index in [1.54, 1.807) is 0 Å². The Bertz CT molecular complexity index is 292. The van der Waals surface area contributed by atoms with Gasteiger partial charge >= 0.3 is 12.1 Å². The zero-order valence-electron chi connectivity index (χ0n) is 15.1. The summed E-state index contributed by atoms with van der Waals surface area (Å²) in [5.41, 5.74) is 4.77. The average Bonchev–Trinajstić information content (AvgIpc) is 2.50. The Balaban J connectivity index is 3.08. The van der Waals surface area contributed by atoms with Crippen LogP contribution in [0.1, 0.15) is 110 Å². The van der Waals surface area contributed by atoms with Gasteiger partial charge in [-0.15, -0.1) is 0 Å². The summed E-state index contributed by atoms with van der Waals surface area (Å²) in [7, 11) is 0. The molecule has 2 N–H and O–H groups in total. The lowest BCUT2D eigenvalue weighted by Gasteiger charge is -2.03. The first-order valence-corrected chi connectivity index (χ1v) is 9.67. The van der Waals surface area contributed by atoms with Gasteiger partial charge in [-0.2, -0.15) is 0 Å². The van der Waals surface area contributed by atoms with Crippen LogP contribution in [0, 0.1) is 0 Å². The fraction of sp³-hybridized carbons (Fsp3) is 0.895. The van der Waals surface area contributed by atoms with Crippen LogP contribution in [0.5, 0.6) is 0 Å².